The Hall–Kier alpha value is -3.10. The van der Waals surface area contributed by atoms with E-state index in [9.17, 15) is 9.18 Å². The maximum absolute atomic E-state index is 13.1. The van der Waals surface area contributed by atoms with Crippen LogP contribution in [0.1, 0.15) is 17.0 Å². The molecular formula is C24H28FN5O2. The number of amides is 1. The third-order valence-corrected chi connectivity index (χ3v) is 5.80. The fourth-order valence-electron chi connectivity index (χ4n) is 3.81. The van der Waals surface area contributed by atoms with Gasteiger partial charge in [0.1, 0.15) is 5.82 Å². The molecule has 0 N–H and O–H groups in total. The van der Waals surface area contributed by atoms with E-state index in [0.717, 1.165) is 42.9 Å². The second-order valence-corrected chi connectivity index (χ2v) is 8.26. The molecule has 0 spiro atoms. The lowest BCUT2D eigenvalue weighted by atomic mass is 10.1. The zero-order chi connectivity index (χ0) is 22.5. The standard InChI is InChI=1S/C24H28FN5O2/c1-18-5-3-4-6-21(18)24-26-22(32-27-24)16-29-11-13-30(14-12-29)17-23(31)28(2)15-19-7-9-20(25)10-8-19/h3-10H,11-17H2,1-2H3. The molecule has 0 bridgehead atoms. The van der Waals surface area contributed by atoms with Gasteiger partial charge >= 0.3 is 0 Å². The Balaban J connectivity index is 1.23. The smallest absolute Gasteiger partial charge is 0.241 e. The van der Waals surface area contributed by atoms with Crippen LogP contribution in [0, 0.1) is 12.7 Å². The number of piperazine rings is 1. The molecule has 0 saturated carbocycles. The summed E-state index contributed by atoms with van der Waals surface area (Å²) in [5.74, 6) is 1.01. The van der Waals surface area contributed by atoms with E-state index in [1.807, 2.05) is 31.2 Å². The Morgan fingerprint density at radius 3 is 2.47 bits per heavy atom. The van der Waals surface area contributed by atoms with Gasteiger partial charge in [0.2, 0.25) is 17.6 Å². The molecule has 0 unspecified atom stereocenters. The SMILES string of the molecule is Cc1ccccc1-c1noc(CN2CCN(CC(=O)N(C)Cc3ccc(F)cc3)CC2)n1. The third-order valence-electron chi connectivity index (χ3n) is 5.80. The van der Waals surface area contributed by atoms with E-state index >= 15 is 0 Å². The van der Waals surface area contributed by atoms with Gasteiger partial charge in [-0.2, -0.15) is 4.98 Å². The highest BCUT2D eigenvalue weighted by Gasteiger charge is 2.22. The average molecular weight is 438 g/mol. The number of hydrogen-bond donors (Lipinski definition) is 0. The Kier molecular flexibility index (Phi) is 6.92. The largest absolute Gasteiger partial charge is 0.340 e. The van der Waals surface area contributed by atoms with Gasteiger partial charge in [0.25, 0.3) is 0 Å². The normalized spacial score (nSPS) is 15.1. The van der Waals surface area contributed by atoms with Gasteiger partial charge in [0.05, 0.1) is 13.1 Å². The van der Waals surface area contributed by atoms with E-state index in [0.29, 0.717) is 31.3 Å². The number of aryl methyl sites for hydroxylation is 1. The predicted octanol–water partition coefficient (Wildman–Crippen LogP) is 2.96. The van der Waals surface area contributed by atoms with Crippen LogP contribution in [0.4, 0.5) is 4.39 Å². The van der Waals surface area contributed by atoms with Crippen molar-refractivity contribution in [2.45, 2.75) is 20.0 Å². The number of carbonyl (C=O) groups excluding carboxylic acids is 1. The molecule has 32 heavy (non-hydrogen) atoms. The maximum Gasteiger partial charge on any atom is 0.241 e. The van der Waals surface area contributed by atoms with Crippen LogP contribution in [-0.4, -0.2) is 70.5 Å². The zero-order valence-electron chi connectivity index (χ0n) is 18.5. The molecule has 2 aromatic carbocycles. The quantitative estimate of drug-likeness (QED) is 0.566. The Morgan fingerprint density at radius 1 is 1.06 bits per heavy atom. The average Bonchev–Trinajstić information content (AvgIpc) is 3.25. The minimum Gasteiger partial charge on any atom is -0.340 e. The molecule has 1 aliphatic rings. The number of benzene rings is 2. The second-order valence-electron chi connectivity index (χ2n) is 8.26. The Morgan fingerprint density at radius 2 is 1.75 bits per heavy atom. The van der Waals surface area contributed by atoms with Crippen LogP contribution in [0.3, 0.4) is 0 Å². The van der Waals surface area contributed by atoms with E-state index in [-0.39, 0.29) is 11.7 Å². The van der Waals surface area contributed by atoms with Gasteiger partial charge in [-0.3, -0.25) is 14.6 Å². The van der Waals surface area contributed by atoms with Gasteiger partial charge in [-0.15, -0.1) is 0 Å². The molecule has 168 valence electrons. The number of hydrogen-bond acceptors (Lipinski definition) is 6. The van der Waals surface area contributed by atoms with Crippen LogP contribution in [0.2, 0.25) is 0 Å². The summed E-state index contributed by atoms with van der Waals surface area (Å²) in [4.78, 5) is 23.2. The first-order valence-electron chi connectivity index (χ1n) is 10.8. The highest BCUT2D eigenvalue weighted by Crippen LogP contribution is 2.20. The van der Waals surface area contributed by atoms with E-state index < -0.39 is 0 Å². The number of halogens is 1. The fourth-order valence-corrected chi connectivity index (χ4v) is 3.81. The molecule has 0 aliphatic carbocycles. The minimum absolute atomic E-state index is 0.0579. The molecule has 7 nitrogen and oxygen atoms in total. The van der Waals surface area contributed by atoms with Crippen molar-refractivity contribution in [3.63, 3.8) is 0 Å². The summed E-state index contributed by atoms with van der Waals surface area (Å²) in [5, 5.41) is 4.13. The fraction of sp³-hybridized carbons (Fsp3) is 0.375. The Labute approximate surface area is 187 Å². The predicted molar refractivity (Wildman–Crippen MR) is 119 cm³/mol. The first-order chi connectivity index (χ1) is 15.5. The molecule has 0 atom stereocenters. The van der Waals surface area contributed by atoms with Crippen LogP contribution < -0.4 is 0 Å². The summed E-state index contributed by atoms with van der Waals surface area (Å²) in [6.45, 7) is 6.75. The molecule has 3 aromatic rings. The molecule has 2 heterocycles. The lowest BCUT2D eigenvalue weighted by Gasteiger charge is -2.34. The Bertz CT molecular complexity index is 1040. The van der Waals surface area contributed by atoms with Gasteiger partial charge in [0.15, 0.2) is 0 Å². The van der Waals surface area contributed by atoms with Crippen molar-refractivity contribution >= 4 is 5.91 Å². The lowest BCUT2D eigenvalue weighted by Crippen LogP contribution is -2.49. The molecule has 8 heteroatoms. The van der Waals surface area contributed by atoms with E-state index in [2.05, 4.69) is 19.9 Å². The number of rotatable bonds is 7. The highest BCUT2D eigenvalue weighted by molar-refractivity contribution is 5.78. The summed E-state index contributed by atoms with van der Waals surface area (Å²) in [6, 6.07) is 14.2. The van der Waals surface area contributed by atoms with Crippen LogP contribution in [0.5, 0.6) is 0 Å². The molecule has 1 amide bonds. The zero-order valence-corrected chi connectivity index (χ0v) is 18.5. The van der Waals surface area contributed by atoms with Crippen LogP contribution >= 0.6 is 0 Å². The van der Waals surface area contributed by atoms with E-state index in [1.54, 1.807) is 24.1 Å². The van der Waals surface area contributed by atoms with Crippen molar-refractivity contribution in [2.75, 3.05) is 39.8 Å². The van der Waals surface area contributed by atoms with Crippen LogP contribution in [0.15, 0.2) is 53.1 Å². The number of nitrogens with zero attached hydrogens (tertiary/aromatic N) is 5. The van der Waals surface area contributed by atoms with Gasteiger partial charge in [0, 0.05) is 45.3 Å². The third kappa shape index (κ3) is 5.57. The second kappa shape index (κ2) is 10.0. The summed E-state index contributed by atoms with van der Waals surface area (Å²) in [5.41, 5.74) is 3.01. The van der Waals surface area contributed by atoms with Gasteiger partial charge in [-0.05, 0) is 30.2 Å². The van der Waals surface area contributed by atoms with Gasteiger partial charge in [-0.25, -0.2) is 4.39 Å². The van der Waals surface area contributed by atoms with Crippen molar-refractivity contribution in [1.29, 1.82) is 0 Å². The molecule has 0 radical (unpaired) electrons. The number of carbonyl (C=O) groups is 1. The van der Waals surface area contributed by atoms with Crippen molar-refractivity contribution < 1.29 is 13.7 Å². The molecule has 1 fully saturated rings. The first kappa shape index (κ1) is 22.1. The summed E-state index contributed by atoms with van der Waals surface area (Å²) in [7, 11) is 1.78. The number of likely N-dealkylation sites (N-methyl/N-ethyl adjacent to an activating group) is 1. The summed E-state index contributed by atoms with van der Waals surface area (Å²) >= 11 is 0. The van der Waals surface area contributed by atoms with Crippen LogP contribution in [-0.2, 0) is 17.9 Å². The molecule has 1 saturated heterocycles. The molecule has 1 aromatic heterocycles. The maximum atomic E-state index is 13.1. The van der Waals surface area contributed by atoms with Crippen molar-refractivity contribution in [3.8, 4) is 11.4 Å². The minimum atomic E-state index is -0.271. The molecule has 1 aliphatic heterocycles. The van der Waals surface area contributed by atoms with Crippen molar-refractivity contribution in [1.82, 2.24) is 24.8 Å². The van der Waals surface area contributed by atoms with Gasteiger partial charge in [-0.1, -0.05) is 41.6 Å². The molecular weight excluding hydrogens is 409 g/mol. The van der Waals surface area contributed by atoms with Crippen LogP contribution in [0.25, 0.3) is 11.4 Å². The van der Waals surface area contributed by atoms with Gasteiger partial charge < -0.3 is 9.42 Å². The summed E-state index contributed by atoms with van der Waals surface area (Å²) < 4.78 is 18.5. The summed E-state index contributed by atoms with van der Waals surface area (Å²) in [6.07, 6.45) is 0. The van der Waals surface area contributed by atoms with E-state index in [4.69, 9.17) is 4.52 Å². The molecule has 4 rings (SSSR count). The monoisotopic (exact) mass is 437 g/mol. The first-order valence-corrected chi connectivity index (χ1v) is 10.8. The van der Waals surface area contributed by atoms with Crippen molar-refractivity contribution in [2.24, 2.45) is 0 Å². The highest BCUT2D eigenvalue weighted by atomic mass is 19.1. The van der Waals surface area contributed by atoms with E-state index in [1.165, 1.54) is 12.1 Å². The number of aromatic nitrogens is 2. The lowest BCUT2D eigenvalue weighted by molar-refractivity contribution is -0.132. The topological polar surface area (TPSA) is 65.7 Å². The van der Waals surface area contributed by atoms with Crippen molar-refractivity contribution in [3.05, 3.63) is 71.4 Å².